The molecule has 1 aliphatic heterocycles. The number of benzene rings is 2. The first-order valence-corrected chi connectivity index (χ1v) is 8.70. The van der Waals surface area contributed by atoms with Gasteiger partial charge in [-0.15, -0.1) is 0 Å². The van der Waals surface area contributed by atoms with Crippen molar-refractivity contribution in [2.45, 2.75) is 25.4 Å². The Morgan fingerprint density at radius 1 is 1.08 bits per heavy atom. The van der Waals surface area contributed by atoms with Crippen LogP contribution in [-0.4, -0.2) is 31.6 Å². The quantitative estimate of drug-likeness (QED) is 0.823. The number of nitrogens with one attached hydrogen (secondary N) is 1. The average molecular weight is 346 g/mol. The van der Waals surface area contributed by atoms with Crippen molar-refractivity contribution in [3.8, 4) is 5.75 Å². The van der Waals surface area contributed by atoms with Gasteiger partial charge in [-0.1, -0.05) is 18.2 Å². The van der Waals surface area contributed by atoms with Crippen molar-refractivity contribution in [3.63, 3.8) is 0 Å². The second-order valence-corrected chi connectivity index (χ2v) is 6.37. The summed E-state index contributed by atoms with van der Waals surface area (Å²) in [5, 5.41) is 3.23. The van der Waals surface area contributed by atoms with E-state index in [1.54, 1.807) is 7.11 Å². The van der Waals surface area contributed by atoms with Crippen molar-refractivity contribution in [3.05, 3.63) is 65.2 Å². The van der Waals surface area contributed by atoms with Crippen molar-refractivity contribution in [2.24, 2.45) is 0 Å². The van der Waals surface area contributed by atoms with Gasteiger partial charge in [-0.3, -0.25) is 4.90 Å². The smallest absolute Gasteiger partial charge is 0.130 e. The summed E-state index contributed by atoms with van der Waals surface area (Å²) in [4.78, 5) is 2.42. The van der Waals surface area contributed by atoms with Gasteiger partial charge in [-0.25, -0.2) is 8.78 Å². The lowest BCUT2D eigenvalue weighted by atomic mass is 10.0. The molecular weight excluding hydrogens is 322 g/mol. The highest BCUT2D eigenvalue weighted by Crippen LogP contribution is 2.27. The van der Waals surface area contributed by atoms with Crippen molar-refractivity contribution in [1.82, 2.24) is 10.2 Å². The van der Waals surface area contributed by atoms with Crippen LogP contribution in [0.5, 0.6) is 5.75 Å². The Morgan fingerprint density at radius 3 is 2.44 bits per heavy atom. The number of hydrogen-bond donors (Lipinski definition) is 1. The lowest BCUT2D eigenvalue weighted by Gasteiger charge is -2.28. The summed E-state index contributed by atoms with van der Waals surface area (Å²) in [6.07, 6.45) is 2.37. The monoisotopic (exact) mass is 346 g/mol. The molecule has 0 aromatic heterocycles. The Kier molecular flexibility index (Phi) is 6.00. The molecule has 0 radical (unpaired) electrons. The largest absolute Gasteiger partial charge is 0.497 e. The minimum atomic E-state index is -0.508. The fourth-order valence-corrected chi connectivity index (χ4v) is 3.39. The van der Waals surface area contributed by atoms with E-state index < -0.39 is 11.6 Å². The molecule has 2 aromatic rings. The molecule has 3 rings (SSSR count). The van der Waals surface area contributed by atoms with E-state index in [1.807, 2.05) is 18.2 Å². The number of ether oxygens (including phenoxy) is 1. The summed E-state index contributed by atoms with van der Waals surface area (Å²) >= 11 is 0. The number of hydrogen-bond acceptors (Lipinski definition) is 3. The molecule has 5 heteroatoms. The van der Waals surface area contributed by atoms with Crippen LogP contribution < -0.4 is 10.1 Å². The first-order valence-electron chi connectivity index (χ1n) is 8.70. The highest BCUT2D eigenvalue weighted by Gasteiger charge is 2.23. The van der Waals surface area contributed by atoms with Gasteiger partial charge in [0.15, 0.2) is 0 Å². The van der Waals surface area contributed by atoms with Crippen LogP contribution in [0.3, 0.4) is 0 Å². The standard InChI is InChI=1S/C20H24F2N2O/c1-25-16-7-4-6-15(12-16)20(24-10-2-3-11-24)14-23-13-17-18(21)8-5-9-19(17)22/h4-9,12,20,23H,2-3,10-11,13-14H2,1H3. The van der Waals surface area contributed by atoms with Crippen molar-refractivity contribution < 1.29 is 13.5 Å². The summed E-state index contributed by atoms with van der Waals surface area (Å²) in [6.45, 7) is 2.88. The van der Waals surface area contributed by atoms with E-state index in [0.717, 1.165) is 24.4 Å². The third kappa shape index (κ3) is 4.35. The van der Waals surface area contributed by atoms with Crippen LogP contribution in [0, 0.1) is 11.6 Å². The van der Waals surface area contributed by atoms with Gasteiger partial charge in [0.05, 0.1) is 7.11 Å². The van der Waals surface area contributed by atoms with Crippen LogP contribution in [0.4, 0.5) is 8.78 Å². The molecular formula is C20H24F2N2O. The van der Waals surface area contributed by atoms with Gasteiger partial charge < -0.3 is 10.1 Å². The van der Waals surface area contributed by atoms with E-state index >= 15 is 0 Å². The minimum Gasteiger partial charge on any atom is -0.497 e. The molecule has 0 saturated carbocycles. The highest BCUT2D eigenvalue weighted by molar-refractivity contribution is 5.31. The van der Waals surface area contributed by atoms with Gasteiger partial charge in [0.1, 0.15) is 17.4 Å². The van der Waals surface area contributed by atoms with Crippen LogP contribution in [0.2, 0.25) is 0 Å². The Labute approximate surface area is 147 Å². The maximum atomic E-state index is 13.8. The van der Waals surface area contributed by atoms with Gasteiger partial charge in [0.25, 0.3) is 0 Å². The van der Waals surface area contributed by atoms with Crippen LogP contribution in [-0.2, 0) is 6.54 Å². The van der Waals surface area contributed by atoms with Crippen molar-refractivity contribution >= 4 is 0 Å². The fraction of sp³-hybridized carbons (Fsp3) is 0.400. The normalized spacial score (nSPS) is 16.1. The first kappa shape index (κ1) is 17.8. The number of halogens is 2. The Hall–Kier alpha value is -1.98. The molecule has 0 spiro atoms. The average Bonchev–Trinajstić information content (AvgIpc) is 3.15. The summed E-state index contributed by atoms with van der Waals surface area (Å²) in [7, 11) is 1.66. The Bertz CT molecular complexity index is 682. The molecule has 134 valence electrons. The minimum absolute atomic E-state index is 0.0910. The summed E-state index contributed by atoms with van der Waals surface area (Å²) in [5.41, 5.74) is 1.25. The second kappa shape index (κ2) is 8.41. The molecule has 2 aromatic carbocycles. The maximum absolute atomic E-state index is 13.8. The predicted octanol–water partition coefficient (Wildman–Crippen LogP) is 3.90. The van der Waals surface area contributed by atoms with Crippen LogP contribution >= 0.6 is 0 Å². The fourth-order valence-electron chi connectivity index (χ4n) is 3.39. The summed E-state index contributed by atoms with van der Waals surface area (Å²) in [6, 6.07) is 12.1. The zero-order chi connectivity index (χ0) is 17.6. The lowest BCUT2D eigenvalue weighted by molar-refractivity contribution is 0.237. The zero-order valence-corrected chi connectivity index (χ0v) is 14.5. The molecule has 1 fully saturated rings. The molecule has 25 heavy (non-hydrogen) atoms. The van der Waals surface area contributed by atoms with Gasteiger partial charge >= 0.3 is 0 Å². The maximum Gasteiger partial charge on any atom is 0.130 e. The third-order valence-electron chi connectivity index (χ3n) is 4.76. The second-order valence-electron chi connectivity index (χ2n) is 6.37. The molecule has 1 atom stereocenters. The summed E-state index contributed by atoms with van der Waals surface area (Å²) in [5.74, 6) is -0.194. The third-order valence-corrected chi connectivity index (χ3v) is 4.76. The number of likely N-dealkylation sites (tertiary alicyclic amines) is 1. The lowest BCUT2D eigenvalue weighted by Crippen LogP contribution is -2.34. The van der Waals surface area contributed by atoms with Gasteiger partial charge in [0.2, 0.25) is 0 Å². The van der Waals surface area contributed by atoms with E-state index in [9.17, 15) is 8.78 Å². The Morgan fingerprint density at radius 2 is 1.76 bits per heavy atom. The molecule has 0 amide bonds. The van der Waals surface area contributed by atoms with E-state index in [4.69, 9.17) is 4.74 Å². The van der Waals surface area contributed by atoms with Crippen LogP contribution in [0.1, 0.15) is 30.0 Å². The van der Waals surface area contributed by atoms with E-state index in [1.165, 1.54) is 31.0 Å². The van der Waals surface area contributed by atoms with Gasteiger partial charge in [-0.2, -0.15) is 0 Å². The first-order chi connectivity index (χ1) is 12.2. The molecule has 1 N–H and O–H groups in total. The topological polar surface area (TPSA) is 24.5 Å². The molecule has 1 unspecified atom stereocenters. The number of rotatable bonds is 7. The number of nitrogens with zero attached hydrogens (tertiary/aromatic N) is 1. The van der Waals surface area contributed by atoms with Crippen molar-refractivity contribution in [2.75, 3.05) is 26.7 Å². The number of methoxy groups -OCH3 is 1. The molecule has 1 heterocycles. The van der Waals surface area contributed by atoms with Crippen LogP contribution in [0.25, 0.3) is 0 Å². The molecule has 1 aliphatic rings. The summed E-state index contributed by atoms with van der Waals surface area (Å²) < 4.78 is 32.9. The zero-order valence-electron chi connectivity index (χ0n) is 14.5. The van der Waals surface area contributed by atoms with Crippen molar-refractivity contribution in [1.29, 1.82) is 0 Å². The van der Waals surface area contributed by atoms with Crippen LogP contribution in [0.15, 0.2) is 42.5 Å². The highest BCUT2D eigenvalue weighted by atomic mass is 19.1. The van der Waals surface area contributed by atoms with E-state index in [2.05, 4.69) is 16.3 Å². The molecule has 0 aliphatic carbocycles. The van der Waals surface area contributed by atoms with Gasteiger partial charge in [0, 0.05) is 24.7 Å². The molecule has 0 bridgehead atoms. The van der Waals surface area contributed by atoms with E-state index in [0.29, 0.717) is 6.54 Å². The van der Waals surface area contributed by atoms with Gasteiger partial charge in [-0.05, 0) is 55.8 Å². The molecule has 3 nitrogen and oxygen atoms in total. The Balaban J connectivity index is 1.72. The SMILES string of the molecule is COc1cccc(C(CNCc2c(F)cccc2F)N2CCCC2)c1. The predicted molar refractivity (Wildman–Crippen MR) is 94.6 cm³/mol. The van der Waals surface area contributed by atoms with E-state index in [-0.39, 0.29) is 18.2 Å². The molecule has 1 saturated heterocycles.